The van der Waals surface area contributed by atoms with E-state index in [0.717, 1.165) is 24.6 Å². The Kier molecular flexibility index (Phi) is 5.23. The fourth-order valence-electron chi connectivity index (χ4n) is 2.70. The molecule has 2 N–H and O–H groups in total. The molecular formula is C15H22ClN2O+. The topological polar surface area (TPSA) is 33.5 Å². The largest absolute Gasteiger partial charge is 0.347 e. The van der Waals surface area contributed by atoms with Gasteiger partial charge in [0, 0.05) is 17.5 Å². The maximum atomic E-state index is 11.9. The summed E-state index contributed by atoms with van der Waals surface area (Å²) < 4.78 is 0. The maximum absolute atomic E-state index is 11.9. The van der Waals surface area contributed by atoms with Crippen LogP contribution in [-0.4, -0.2) is 25.5 Å². The number of hydrogen-bond donors (Lipinski definition) is 2. The van der Waals surface area contributed by atoms with Crippen LogP contribution >= 0.6 is 11.6 Å². The molecule has 3 nitrogen and oxygen atoms in total. The number of rotatable bonds is 4. The number of nitrogens with one attached hydrogen (secondary N) is 2. The first-order valence-electron chi connectivity index (χ1n) is 6.98. The van der Waals surface area contributed by atoms with Crippen molar-refractivity contribution in [2.45, 2.75) is 26.3 Å². The van der Waals surface area contributed by atoms with Crippen molar-refractivity contribution in [3.8, 4) is 0 Å². The molecule has 1 aromatic carbocycles. The lowest BCUT2D eigenvalue weighted by Gasteiger charge is -2.27. The number of amides is 1. The summed E-state index contributed by atoms with van der Waals surface area (Å²) in [6, 6.07) is 7.60. The zero-order valence-corrected chi connectivity index (χ0v) is 12.2. The van der Waals surface area contributed by atoms with Crippen molar-refractivity contribution in [3.05, 3.63) is 34.9 Å². The van der Waals surface area contributed by atoms with E-state index < -0.39 is 0 Å². The van der Waals surface area contributed by atoms with Crippen LogP contribution in [0, 0.1) is 5.92 Å². The van der Waals surface area contributed by atoms with Gasteiger partial charge in [0.2, 0.25) is 0 Å². The number of piperidine rings is 1. The lowest BCUT2D eigenvalue weighted by atomic mass is 10.0. The smallest absolute Gasteiger partial charge is 0.275 e. The van der Waals surface area contributed by atoms with E-state index in [2.05, 4.69) is 12.2 Å². The Labute approximate surface area is 119 Å². The molecule has 0 saturated carbocycles. The molecule has 1 amide bonds. The molecule has 4 heteroatoms. The summed E-state index contributed by atoms with van der Waals surface area (Å²) in [5.74, 6) is 0.869. The Morgan fingerprint density at radius 2 is 2.37 bits per heavy atom. The molecule has 0 radical (unpaired) electrons. The van der Waals surface area contributed by atoms with Crippen LogP contribution in [0.4, 0.5) is 0 Å². The summed E-state index contributed by atoms with van der Waals surface area (Å²) in [4.78, 5) is 13.3. The summed E-state index contributed by atoms with van der Waals surface area (Å²) in [6.07, 6.45) is 2.53. The molecule has 1 unspecified atom stereocenters. The highest BCUT2D eigenvalue weighted by Gasteiger charge is 2.21. The first kappa shape index (κ1) is 14.4. The molecule has 19 heavy (non-hydrogen) atoms. The van der Waals surface area contributed by atoms with Crippen molar-refractivity contribution >= 4 is 17.5 Å². The summed E-state index contributed by atoms with van der Waals surface area (Å²) in [7, 11) is 0. The third-order valence-electron chi connectivity index (χ3n) is 3.65. The van der Waals surface area contributed by atoms with E-state index in [9.17, 15) is 4.79 Å². The molecule has 1 aliphatic heterocycles. The summed E-state index contributed by atoms with van der Waals surface area (Å²) in [5.41, 5.74) is 1.04. The zero-order chi connectivity index (χ0) is 13.7. The van der Waals surface area contributed by atoms with Crippen LogP contribution in [0.1, 0.15) is 25.3 Å². The Balaban J connectivity index is 1.75. The third kappa shape index (κ3) is 4.84. The van der Waals surface area contributed by atoms with E-state index in [0.29, 0.717) is 18.1 Å². The normalized spacial score (nSPS) is 23.1. The Morgan fingerprint density at radius 3 is 3.11 bits per heavy atom. The molecule has 0 bridgehead atoms. The molecule has 0 aliphatic carbocycles. The molecule has 0 aromatic heterocycles. The van der Waals surface area contributed by atoms with Crippen molar-refractivity contribution in [1.82, 2.24) is 5.32 Å². The monoisotopic (exact) mass is 281 g/mol. The highest BCUT2D eigenvalue weighted by atomic mass is 35.5. The molecule has 104 valence electrons. The van der Waals surface area contributed by atoms with Crippen molar-refractivity contribution in [1.29, 1.82) is 0 Å². The van der Waals surface area contributed by atoms with E-state index in [-0.39, 0.29) is 5.91 Å². The van der Waals surface area contributed by atoms with Gasteiger partial charge in [0.1, 0.15) is 0 Å². The second kappa shape index (κ2) is 6.92. The highest BCUT2D eigenvalue weighted by Crippen LogP contribution is 2.10. The van der Waals surface area contributed by atoms with Crippen LogP contribution in [-0.2, 0) is 11.3 Å². The van der Waals surface area contributed by atoms with E-state index in [1.54, 1.807) is 0 Å². The summed E-state index contributed by atoms with van der Waals surface area (Å²) in [5, 5.41) is 3.68. The molecule has 1 aliphatic rings. The molecule has 1 saturated heterocycles. The van der Waals surface area contributed by atoms with Crippen LogP contribution < -0.4 is 10.2 Å². The Hall–Kier alpha value is -1.06. The Morgan fingerprint density at radius 1 is 1.53 bits per heavy atom. The van der Waals surface area contributed by atoms with Gasteiger partial charge in [0.15, 0.2) is 6.54 Å². The second-order valence-corrected chi connectivity index (χ2v) is 5.97. The number of hydrogen-bond acceptors (Lipinski definition) is 1. The van der Waals surface area contributed by atoms with Gasteiger partial charge in [-0.25, -0.2) is 0 Å². The molecule has 1 heterocycles. The minimum Gasteiger partial charge on any atom is -0.347 e. The maximum Gasteiger partial charge on any atom is 0.275 e. The lowest BCUT2D eigenvalue weighted by Crippen LogP contribution is -3.14. The number of carbonyl (C=O) groups is 1. The van der Waals surface area contributed by atoms with Gasteiger partial charge in [-0.1, -0.05) is 30.7 Å². The standard InChI is InChI=1S/C15H21ClN2O/c1-12-4-3-7-18(10-12)11-15(19)17-9-13-5-2-6-14(16)8-13/h2,5-6,8,12H,3-4,7,9-11H2,1H3,(H,17,19)/p+1/t12-/m0/s1. The van der Waals surface area contributed by atoms with Crippen LogP contribution in [0.15, 0.2) is 24.3 Å². The minimum atomic E-state index is 0.129. The van der Waals surface area contributed by atoms with Crippen LogP contribution in [0.2, 0.25) is 5.02 Å². The van der Waals surface area contributed by atoms with E-state index >= 15 is 0 Å². The average Bonchev–Trinajstić information content (AvgIpc) is 2.36. The van der Waals surface area contributed by atoms with Crippen LogP contribution in [0.3, 0.4) is 0 Å². The SMILES string of the molecule is C[C@H]1CCC[NH+](CC(=O)NCc2cccc(Cl)c2)C1. The highest BCUT2D eigenvalue weighted by molar-refractivity contribution is 6.30. The number of likely N-dealkylation sites (tertiary alicyclic amines) is 1. The first-order chi connectivity index (χ1) is 9.13. The van der Waals surface area contributed by atoms with E-state index in [4.69, 9.17) is 11.6 Å². The predicted octanol–water partition coefficient (Wildman–Crippen LogP) is 1.27. The van der Waals surface area contributed by atoms with Crippen LogP contribution in [0.25, 0.3) is 0 Å². The second-order valence-electron chi connectivity index (χ2n) is 5.53. The number of carbonyl (C=O) groups excluding carboxylic acids is 1. The fourth-order valence-corrected chi connectivity index (χ4v) is 2.91. The van der Waals surface area contributed by atoms with Gasteiger partial charge in [-0.2, -0.15) is 0 Å². The van der Waals surface area contributed by atoms with E-state index in [1.165, 1.54) is 17.7 Å². The molecular weight excluding hydrogens is 260 g/mol. The number of halogens is 1. The molecule has 0 spiro atoms. The van der Waals surface area contributed by atoms with Gasteiger partial charge in [-0.05, 0) is 30.5 Å². The van der Waals surface area contributed by atoms with Gasteiger partial charge in [-0.3, -0.25) is 4.79 Å². The first-order valence-corrected chi connectivity index (χ1v) is 7.36. The van der Waals surface area contributed by atoms with Gasteiger partial charge in [-0.15, -0.1) is 0 Å². The number of quaternary nitrogens is 1. The van der Waals surface area contributed by atoms with Gasteiger partial charge >= 0.3 is 0 Å². The zero-order valence-electron chi connectivity index (χ0n) is 11.4. The predicted molar refractivity (Wildman–Crippen MR) is 77.3 cm³/mol. The molecule has 2 rings (SSSR count). The van der Waals surface area contributed by atoms with Crippen molar-refractivity contribution in [2.24, 2.45) is 5.92 Å². The quantitative estimate of drug-likeness (QED) is 0.856. The number of benzene rings is 1. The van der Waals surface area contributed by atoms with E-state index in [1.807, 2.05) is 24.3 Å². The minimum absolute atomic E-state index is 0.129. The third-order valence-corrected chi connectivity index (χ3v) is 3.89. The average molecular weight is 282 g/mol. The van der Waals surface area contributed by atoms with Crippen molar-refractivity contribution < 1.29 is 9.69 Å². The van der Waals surface area contributed by atoms with Crippen molar-refractivity contribution in [3.63, 3.8) is 0 Å². The lowest BCUT2D eigenvalue weighted by molar-refractivity contribution is -0.900. The van der Waals surface area contributed by atoms with Crippen LogP contribution in [0.5, 0.6) is 0 Å². The van der Waals surface area contributed by atoms with Gasteiger partial charge < -0.3 is 10.2 Å². The fraction of sp³-hybridized carbons (Fsp3) is 0.533. The van der Waals surface area contributed by atoms with Gasteiger partial charge in [0.05, 0.1) is 13.1 Å². The molecule has 1 fully saturated rings. The summed E-state index contributed by atoms with van der Waals surface area (Å²) in [6.45, 7) is 5.65. The van der Waals surface area contributed by atoms with Crippen molar-refractivity contribution in [2.75, 3.05) is 19.6 Å². The molecule has 1 aromatic rings. The molecule has 2 atom stereocenters. The Bertz CT molecular complexity index is 436. The van der Waals surface area contributed by atoms with Gasteiger partial charge in [0.25, 0.3) is 5.91 Å². The summed E-state index contributed by atoms with van der Waals surface area (Å²) >= 11 is 5.91.